The zero-order valence-electron chi connectivity index (χ0n) is 19.3. The molecule has 1 heterocycles. The second-order valence-electron chi connectivity index (χ2n) is 11.3. The van der Waals surface area contributed by atoms with Crippen molar-refractivity contribution in [1.82, 2.24) is 0 Å². The average Bonchev–Trinajstić information content (AvgIpc) is 3.33. The topological polar surface area (TPSA) is 121 Å². The molecule has 5 fully saturated rings. The lowest BCUT2D eigenvalue weighted by atomic mass is 9.44. The number of carbonyl (C=O) groups is 3. The maximum atomic E-state index is 13.4. The van der Waals surface area contributed by atoms with E-state index < -0.39 is 23.4 Å². The molecule has 0 spiro atoms. The zero-order valence-corrected chi connectivity index (χ0v) is 19.3. The fraction of sp³-hybridized carbons (Fsp3) is 0.880. The van der Waals surface area contributed by atoms with Gasteiger partial charge in [-0.1, -0.05) is 13.8 Å². The van der Waals surface area contributed by atoms with E-state index in [0.29, 0.717) is 25.4 Å². The molecule has 0 radical (unpaired) electrons. The number of carbonyl (C=O) groups excluding carboxylic acids is 3. The Bertz CT molecular complexity index is 772. The first kappa shape index (κ1) is 23.8. The summed E-state index contributed by atoms with van der Waals surface area (Å²) in [6, 6.07) is 0. The van der Waals surface area contributed by atoms with Gasteiger partial charge in [-0.25, -0.2) is 0 Å². The molecule has 180 valence electrons. The van der Waals surface area contributed by atoms with Crippen LogP contribution in [0.4, 0.5) is 0 Å². The first-order valence-electron chi connectivity index (χ1n) is 12.3. The van der Waals surface area contributed by atoms with Crippen LogP contribution in [0.15, 0.2) is 0 Å². The van der Waals surface area contributed by atoms with E-state index in [0.717, 1.165) is 44.9 Å². The van der Waals surface area contributed by atoms with E-state index in [1.165, 1.54) is 0 Å². The van der Waals surface area contributed by atoms with Crippen LogP contribution in [0, 0.1) is 34.5 Å². The van der Waals surface area contributed by atoms with E-state index in [2.05, 4.69) is 11.7 Å². The van der Waals surface area contributed by atoms with E-state index >= 15 is 0 Å². The van der Waals surface area contributed by atoms with Gasteiger partial charge in [0.2, 0.25) is 0 Å². The van der Waals surface area contributed by atoms with Gasteiger partial charge in [-0.15, -0.1) is 0 Å². The number of fused-ring (bicyclic) bond motifs is 5. The minimum atomic E-state index is -1.58. The highest BCUT2D eigenvalue weighted by atomic mass is 16.5. The third kappa shape index (κ3) is 3.55. The lowest BCUT2D eigenvalue weighted by Gasteiger charge is -2.60. The van der Waals surface area contributed by atoms with Gasteiger partial charge in [-0.2, -0.15) is 0 Å². The molecular weight excluding hydrogens is 412 g/mol. The van der Waals surface area contributed by atoms with Crippen LogP contribution in [-0.2, 0) is 19.1 Å². The zero-order chi connectivity index (χ0) is 23.3. The van der Waals surface area contributed by atoms with E-state index in [1.54, 1.807) is 0 Å². The molecule has 4 aliphatic carbocycles. The number of hydrogen-bond donors (Lipinski definition) is 3. The van der Waals surface area contributed by atoms with E-state index in [1.807, 2.05) is 6.92 Å². The van der Waals surface area contributed by atoms with Crippen LogP contribution in [0.5, 0.6) is 0 Å². The predicted molar refractivity (Wildman–Crippen MR) is 115 cm³/mol. The number of rotatable bonds is 2. The summed E-state index contributed by atoms with van der Waals surface area (Å²) >= 11 is 0. The number of ether oxygens (including phenoxy) is 1. The Morgan fingerprint density at radius 3 is 2.47 bits per heavy atom. The van der Waals surface area contributed by atoms with Gasteiger partial charge >= 0.3 is 5.97 Å². The Morgan fingerprint density at radius 2 is 1.88 bits per heavy atom. The quantitative estimate of drug-likeness (QED) is 0.551. The molecule has 3 N–H and O–H groups in total. The molecule has 0 unspecified atom stereocenters. The smallest absolute Gasteiger partial charge is 0.305 e. The van der Waals surface area contributed by atoms with Crippen LogP contribution in [0.3, 0.4) is 0 Å². The number of cyclic esters (lactones) is 1. The summed E-state index contributed by atoms with van der Waals surface area (Å²) in [6.07, 6.45) is 7.01. The monoisotopic (exact) mass is 450 g/mol. The molecule has 0 aromatic rings. The molecule has 5 aliphatic rings. The molecule has 1 saturated heterocycles. The normalized spacial score (nSPS) is 47.5. The highest BCUT2D eigenvalue weighted by Crippen LogP contribution is 2.67. The SMILES string of the molecule is C[C@]12CC[C@@H](O)C[C@H]1CC[C@@H]1[C@@H]2C(=O)C[C@@]2(C)[C@H]1CC[C@]2(O)C(=O)CO.O=C1CCCO1. The minimum Gasteiger partial charge on any atom is -0.466 e. The van der Waals surface area contributed by atoms with Crippen molar-refractivity contribution in [2.24, 2.45) is 34.5 Å². The van der Waals surface area contributed by atoms with Gasteiger partial charge in [0.05, 0.1) is 12.7 Å². The van der Waals surface area contributed by atoms with Crippen molar-refractivity contribution in [3.63, 3.8) is 0 Å². The minimum absolute atomic E-state index is 0.0154. The highest BCUT2D eigenvalue weighted by Gasteiger charge is 2.68. The second-order valence-corrected chi connectivity index (χ2v) is 11.3. The Labute approximate surface area is 189 Å². The summed E-state index contributed by atoms with van der Waals surface area (Å²) in [5.41, 5.74) is -2.40. The van der Waals surface area contributed by atoms with Crippen molar-refractivity contribution in [2.75, 3.05) is 13.2 Å². The third-order valence-corrected chi connectivity index (χ3v) is 9.87. The van der Waals surface area contributed by atoms with E-state index in [9.17, 15) is 29.7 Å². The molecule has 1 aliphatic heterocycles. The molecule has 7 heteroatoms. The number of hydrogen-bond acceptors (Lipinski definition) is 7. The average molecular weight is 451 g/mol. The molecule has 5 rings (SSSR count). The summed E-state index contributed by atoms with van der Waals surface area (Å²) in [5, 5.41) is 30.6. The second kappa shape index (κ2) is 8.48. The van der Waals surface area contributed by atoms with Crippen LogP contribution >= 0.6 is 0 Å². The molecule has 0 aromatic heterocycles. The number of Topliss-reactive ketones (excluding diaryl/α,β-unsaturated/α-hetero) is 2. The van der Waals surface area contributed by atoms with Gasteiger partial charge in [0.25, 0.3) is 0 Å². The Hall–Kier alpha value is -1.31. The van der Waals surface area contributed by atoms with Crippen LogP contribution in [0.2, 0.25) is 0 Å². The standard InChI is InChI=1S/C21H32O5.C4H6O2/c1-19-7-5-13(23)9-12(19)3-4-14-15-6-8-21(26,17(25)11-22)20(15,2)10-16(24)18(14)19;5-4-2-1-3-6-4/h12-15,18,22-23,26H,3-11H2,1-2H3;1-3H2/t12-,13-,14+,15+,18-,19+,20+,21+;/m1./s1. The molecule has 32 heavy (non-hydrogen) atoms. The summed E-state index contributed by atoms with van der Waals surface area (Å²) < 4.78 is 4.51. The van der Waals surface area contributed by atoms with Crippen molar-refractivity contribution >= 4 is 17.5 Å². The van der Waals surface area contributed by atoms with Gasteiger partial charge in [0, 0.05) is 24.2 Å². The first-order valence-corrected chi connectivity index (χ1v) is 12.3. The molecule has 0 aromatic carbocycles. The Balaban J connectivity index is 0.000000354. The van der Waals surface area contributed by atoms with E-state index in [-0.39, 0.29) is 47.4 Å². The summed E-state index contributed by atoms with van der Waals surface area (Å²) in [6.45, 7) is 4.10. The van der Waals surface area contributed by atoms with Gasteiger partial charge in [-0.3, -0.25) is 14.4 Å². The molecule has 4 saturated carbocycles. The van der Waals surface area contributed by atoms with Crippen LogP contribution in [-0.4, -0.2) is 57.8 Å². The van der Waals surface area contributed by atoms with Crippen molar-refractivity contribution < 1.29 is 34.4 Å². The van der Waals surface area contributed by atoms with Crippen LogP contribution in [0.25, 0.3) is 0 Å². The maximum Gasteiger partial charge on any atom is 0.305 e. The Kier molecular flexibility index (Phi) is 6.31. The maximum absolute atomic E-state index is 13.4. The number of aliphatic hydroxyl groups is 3. The fourth-order valence-corrected chi connectivity index (χ4v) is 8.12. The molecule has 8 atom stereocenters. The van der Waals surface area contributed by atoms with Crippen LogP contribution in [0.1, 0.15) is 78.1 Å². The first-order chi connectivity index (χ1) is 15.1. The number of esters is 1. The van der Waals surface area contributed by atoms with Gasteiger partial charge in [0.1, 0.15) is 18.0 Å². The van der Waals surface area contributed by atoms with Crippen molar-refractivity contribution in [3.8, 4) is 0 Å². The van der Waals surface area contributed by atoms with Crippen molar-refractivity contribution in [2.45, 2.75) is 89.8 Å². The van der Waals surface area contributed by atoms with Crippen molar-refractivity contribution in [1.29, 1.82) is 0 Å². The predicted octanol–water partition coefficient (Wildman–Crippen LogP) is 2.18. The lowest BCUT2D eigenvalue weighted by Crippen LogP contribution is -2.62. The Morgan fingerprint density at radius 1 is 1.12 bits per heavy atom. The van der Waals surface area contributed by atoms with Gasteiger partial charge in [0.15, 0.2) is 5.78 Å². The molecule has 0 bridgehead atoms. The van der Waals surface area contributed by atoms with E-state index in [4.69, 9.17) is 0 Å². The third-order valence-electron chi connectivity index (χ3n) is 9.87. The molecule has 0 amide bonds. The summed E-state index contributed by atoms with van der Waals surface area (Å²) in [4.78, 5) is 35.7. The number of aliphatic hydroxyl groups excluding tert-OH is 2. The van der Waals surface area contributed by atoms with Gasteiger partial charge < -0.3 is 20.1 Å². The van der Waals surface area contributed by atoms with Crippen LogP contribution < -0.4 is 0 Å². The molecule has 7 nitrogen and oxygen atoms in total. The van der Waals surface area contributed by atoms with Gasteiger partial charge in [-0.05, 0) is 74.5 Å². The summed E-state index contributed by atoms with van der Waals surface area (Å²) in [5.74, 6) is 0.333. The largest absolute Gasteiger partial charge is 0.466 e. The molecular formula is C25H38O7. The van der Waals surface area contributed by atoms with Crippen molar-refractivity contribution in [3.05, 3.63) is 0 Å². The highest BCUT2D eigenvalue weighted by molar-refractivity contribution is 5.92. The summed E-state index contributed by atoms with van der Waals surface area (Å²) in [7, 11) is 0. The number of ketones is 2. The fourth-order valence-electron chi connectivity index (χ4n) is 8.12. The lowest BCUT2D eigenvalue weighted by molar-refractivity contribution is -0.180.